The van der Waals surface area contributed by atoms with Gasteiger partial charge in [0.05, 0.1) is 9.79 Å². The van der Waals surface area contributed by atoms with Gasteiger partial charge in [-0.1, -0.05) is 41.5 Å². The van der Waals surface area contributed by atoms with Gasteiger partial charge in [-0.25, -0.2) is 8.42 Å². The van der Waals surface area contributed by atoms with E-state index in [1.807, 2.05) is 41.5 Å². The molecule has 0 aliphatic carbocycles. The van der Waals surface area contributed by atoms with Crippen LogP contribution in [0.3, 0.4) is 0 Å². The Labute approximate surface area is 162 Å². The lowest BCUT2D eigenvalue weighted by molar-refractivity contribution is 0.443. The number of aromatic hydroxyl groups is 2. The van der Waals surface area contributed by atoms with E-state index in [4.69, 9.17) is 0 Å². The fourth-order valence-electron chi connectivity index (χ4n) is 3.95. The molecule has 2 aromatic rings. The standard InChI is InChI=1S/C22H30O4S/c1-13-17(11-9-15(23)19(13)21(3,4)5)27(25,26)18-12-10-16(24)20(14(18)2)22(6,7)8/h9-12,23-24H,1-8H3. The summed E-state index contributed by atoms with van der Waals surface area (Å²) in [5, 5.41) is 20.6. The van der Waals surface area contributed by atoms with Crippen LogP contribution < -0.4 is 0 Å². The molecule has 0 aliphatic heterocycles. The monoisotopic (exact) mass is 390 g/mol. The predicted molar refractivity (Wildman–Crippen MR) is 109 cm³/mol. The van der Waals surface area contributed by atoms with Crippen molar-refractivity contribution < 1.29 is 18.6 Å². The Morgan fingerprint density at radius 1 is 0.667 bits per heavy atom. The molecule has 0 saturated carbocycles. The highest BCUT2D eigenvalue weighted by Gasteiger charge is 2.31. The Balaban J connectivity index is 2.84. The molecule has 0 radical (unpaired) electrons. The Kier molecular flexibility index (Phi) is 5.17. The fourth-order valence-corrected chi connectivity index (χ4v) is 5.69. The van der Waals surface area contributed by atoms with E-state index >= 15 is 0 Å². The fraction of sp³-hybridized carbons (Fsp3) is 0.455. The summed E-state index contributed by atoms with van der Waals surface area (Å²) in [5.41, 5.74) is 1.53. The van der Waals surface area contributed by atoms with Crippen LogP contribution in [0.15, 0.2) is 34.1 Å². The molecule has 0 fully saturated rings. The van der Waals surface area contributed by atoms with E-state index in [0.717, 1.165) is 0 Å². The first-order valence-corrected chi connectivity index (χ1v) is 10.5. The Morgan fingerprint density at radius 2 is 0.963 bits per heavy atom. The Morgan fingerprint density at radius 3 is 1.22 bits per heavy atom. The average Bonchev–Trinajstić information content (AvgIpc) is 2.43. The summed E-state index contributed by atoms with van der Waals surface area (Å²) in [6, 6.07) is 5.80. The first kappa shape index (κ1) is 21.3. The minimum atomic E-state index is -3.82. The summed E-state index contributed by atoms with van der Waals surface area (Å²) in [6.45, 7) is 15.1. The van der Waals surface area contributed by atoms with Gasteiger partial charge in [0, 0.05) is 11.1 Å². The molecule has 0 atom stereocenters. The molecule has 5 heteroatoms. The van der Waals surface area contributed by atoms with E-state index in [2.05, 4.69) is 0 Å². The third-order valence-electron chi connectivity index (χ3n) is 4.87. The maximum absolute atomic E-state index is 13.5. The van der Waals surface area contributed by atoms with Crippen LogP contribution in [0.5, 0.6) is 11.5 Å². The topological polar surface area (TPSA) is 74.6 Å². The average molecular weight is 391 g/mol. The molecule has 0 spiro atoms. The normalized spacial score (nSPS) is 13.0. The third kappa shape index (κ3) is 3.70. The first-order chi connectivity index (χ1) is 12.1. The van der Waals surface area contributed by atoms with Crippen LogP contribution in [0, 0.1) is 13.8 Å². The highest BCUT2D eigenvalue weighted by molar-refractivity contribution is 7.91. The molecule has 0 saturated heterocycles. The molecule has 0 heterocycles. The van der Waals surface area contributed by atoms with Crippen molar-refractivity contribution in [2.45, 2.75) is 76.0 Å². The lowest BCUT2D eigenvalue weighted by atomic mass is 9.83. The minimum absolute atomic E-state index is 0.0942. The van der Waals surface area contributed by atoms with Gasteiger partial charge in [-0.15, -0.1) is 0 Å². The van der Waals surface area contributed by atoms with Crippen molar-refractivity contribution in [3.05, 3.63) is 46.5 Å². The van der Waals surface area contributed by atoms with E-state index in [-0.39, 0.29) is 21.3 Å². The largest absolute Gasteiger partial charge is 0.508 e. The molecule has 0 aliphatic rings. The molecule has 2 aromatic carbocycles. The molecule has 0 amide bonds. The molecule has 2 N–H and O–H groups in total. The molecular weight excluding hydrogens is 360 g/mol. The van der Waals surface area contributed by atoms with Crippen molar-refractivity contribution in [1.29, 1.82) is 0 Å². The molecule has 27 heavy (non-hydrogen) atoms. The quantitative estimate of drug-likeness (QED) is 0.744. The number of hydrogen-bond acceptors (Lipinski definition) is 4. The van der Waals surface area contributed by atoms with Crippen molar-refractivity contribution in [1.82, 2.24) is 0 Å². The van der Waals surface area contributed by atoms with E-state index in [1.165, 1.54) is 24.3 Å². The molecule has 148 valence electrons. The Bertz CT molecular complexity index is 913. The second kappa shape index (κ2) is 6.55. The van der Waals surface area contributed by atoms with Gasteiger partial charge in [-0.05, 0) is 60.1 Å². The number of benzene rings is 2. The highest BCUT2D eigenvalue weighted by atomic mass is 32.2. The third-order valence-corrected chi connectivity index (χ3v) is 6.91. The van der Waals surface area contributed by atoms with Gasteiger partial charge in [-0.3, -0.25) is 0 Å². The van der Waals surface area contributed by atoms with Crippen molar-refractivity contribution in [2.75, 3.05) is 0 Å². The number of phenols is 2. The van der Waals surface area contributed by atoms with Gasteiger partial charge in [0.15, 0.2) is 0 Å². The van der Waals surface area contributed by atoms with Crippen LogP contribution in [-0.4, -0.2) is 18.6 Å². The van der Waals surface area contributed by atoms with Gasteiger partial charge in [0.25, 0.3) is 0 Å². The van der Waals surface area contributed by atoms with Crippen LogP contribution >= 0.6 is 0 Å². The first-order valence-electron chi connectivity index (χ1n) is 9.01. The van der Waals surface area contributed by atoms with Crippen LogP contribution in [-0.2, 0) is 20.7 Å². The summed E-state index contributed by atoms with van der Waals surface area (Å²) in [5.74, 6) is 0.188. The SMILES string of the molecule is Cc1c(S(=O)(=O)c2ccc(O)c(C(C)(C)C)c2C)ccc(O)c1C(C)(C)C. The van der Waals surface area contributed by atoms with Crippen LogP contribution in [0.4, 0.5) is 0 Å². The van der Waals surface area contributed by atoms with Gasteiger partial charge < -0.3 is 10.2 Å². The summed E-state index contributed by atoms with van der Waals surface area (Å²) in [7, 11) is -3.82. The zero-order valence-electron chi connectivity index (χ0n) is 17.4. The molecule has 0 unspecified atom stereocenters. The lowest BCUT2D eigenvalue weighted by Crippen LogP contribution is -2.18. The lowest BCUT2D eigenvalue weighted by Gasteiger charge is -2.26. The van der Waals surface area contributed by atoms with Crippen LogP contribution in [0.1, 0.15) is 63.8 Å². The Hall–Kier alpha value is -2.01. The van der Waals surface area contributed by atoms with E-state index in [0.29, 0.717) is 22.3 Å². The highest BCUT2D eigenvalue weighted by Crippen LogP contribution is 2.41. The van der Waals surface area contributed by atoms with Gasteiger partial charge in [0.1, 0.15) is 11.5 Å². The number of rotatable bonds is 2. The molecule has 2 rings (SSSR count). The molecule has 4 nitrogen and oxygen atoms in total. The van der Waals surface area contributed by atoms with Crippen molar-refractivity contribution in [3.63, 3.8) is 0 Å². The van der Waals surface area contributed by atoms with E-state index < -0.39 is 20.7 Å². The predicted octanol–water partition coefficient (Wildman–Crippen LogP) is 5.14. The summed E-state index contributed by atoms with van der Waals surface area (Å²) < 4.78 is 27.0. The molecule has 0 bridgehead atoms. The smallest absolute Gasteiger partial charge is 0.207 e. The molecular formula is C22H30O4S. The number of phenolic OH excluding ortho intramolecular Hbond substituents is 2. The number of sulfone groups is 1. The van der Waals surface area contributed by atoms with Gasteiger partial charge in [0.2, 0.25) is 9.84 Å². The van der Waals surface area contributed by atoms with Crippen LogP contribution in [0.2, 0.25) is 0 Å². The maximum Gasteiger partial charge on any atom is 0.207 e. The summed E-state index contributed by atoms with van der Waals surface area (Å²) in [4.78, 5) is 0.359. The van der Waals surface area contributed by atoms with Gasteiger partial charge in [-0.2, -0.15) is 0 Å². The number of hydrogen-bond donors (Lipinski definition) is 2. The zero-order valence-corrected chi connectivity index (χ0v) is 18.2. The second-order valence-electron chi connectivity index (χ2n) is 9.17. The summed E-state index contributed by atoms with van der Waals surface area (Å²) in [6.07, 6.45) is 0. The second-order valence-corrected chi connectivity index (χ2v) is 11.1. The van der Waals surface area contributed by atoms with Gasteiger partial charge >= 0.3 is 0 Å². The van der Waals surface area contributed by atoms with E-state index in [9.17, 15) is 18.6 Å². The zero-order chi connectivity index (χ0) is 20.9. The summed E-state index contributed by atoms with van der Waals surface area (Å²) >= 11 is 0. The minimum Gasteiger partial charge on any atom is -0.508 e. The van der Waals surface area contributed by atoms with E-state index in [1.54, 1.807) is 13.8 Å². The van der Waals surface area contributed by atoms with Crippen molar-refractivity contribution >= 4 is 9.84 Å². The van der Waals surface area contributed by atoms with Crippen molar-refractivity contribution in [3.8, 4) is 11.5 Å². The van der Waals surface area contributed by atoms with Crippen LogP contribution in [0.25, 0.3) is 0 Å². The van der Waals surface area contributed by atoms with Crippen molar-refractivity contribution in [2.24, 2.45) is 0 Å². The maximum atomic E-state index is 13.5. The molecule has 0 aromatic heterocycles.